The normalized spacial score (nSPS) is 10.6. The van der Waals surface area contributed by atoms with Crippen molar-refractivity contribution in [1.29, 1.82) is 0 Å². The number of nitrogens with one attached hydrogen (secondary N) is 1. The smallest absolute Gasteiger partial charge is 0.259 e. The number of nitrogens with zero attached hydrogens (tertiary/aromatic N) is 3. The summed E-state index contributed by atoms with van der Waals surface area (Å²) >= 11 is 1.21. The van der Waals surface area contributed by atoms with E-state index in [9.17, 15) is 13.6 Å². The third kappa shape index (κ3) is 3.87. The molecule has 0 saturated carbocycles. The van der Waals surface area contributed by atoms with Crippen LogP contribution < -0.4 is 10.1 Å². The Balaban J connectivity index is 1.61. The first-order valence-electron chi connectivity index (χ1n) is 8.74. The van der Waals surface area contributed by atoms with Crippen LogP contribution >= 0.6 is 11.3 Å². The minimum atomic E-state index is -1.06. The number of benzene rings is 1. The lowest BCUT2D eigenvalue weighted by atomic mass is 10.0. The van der Waals surface area contributed by atoms with Crippen molar-refractivity contribution in [3.05, 3.63) is 77.3 Å². The van der Waals surface area contributed by atoms with Crippen LogP contribution in [0.2, 0.25) is 0 Å². The van der Waals surface area contributed by atoms with E-state index in [0.717, 1.165) is 6.07 Å². The summed E-state index contributed by atoms with van der Waals surface area (Å²) in [5, 5.41) is 4.75. The minimum absolute atomic E-state index is 0.0400. The van der Waals surface area contributed by atoms with Gasteiger partial charge in [-0.1, -0.05) is 12.1 Å². The van der Waals surface area contributed by atoms with Gasteiger partial charge in [-0.3, -0.25) is 15.1 Å². The second-order valence-corrected chi connectivity index (χ2v) is 6.92. The van der Waals surface area contributed by atoms with Crippen molar-refractivity contribution in [2.75, 3.05) is 12.4 Å². The van der Waals surface area contributed by atoms with Crippen LogP contribution in [0.3, 0.4) is 0 Å². The topological polar surface area (TPSA) is 77.0 Å². The molecular weight excluding hydrogens is 410 g/mol. The van der Waals surface area contributed by atoms with Crippen molar-refractivity contribution in [2.45, 2.75) is 0 Å². The molecule has 1 aromatic carbocycles. The van der Waals surface area contributed by atoms with Crippen molar-refractivity contribution in [3.8, 4) is 28.5 Å². The fraction of sp³-hybridized carbons (Fsp3) is 0.0476. The lowest BCUT2D eigenvalue weighted by molar-refractivity contribution is 0.102. The van der Waals surface area contributed by atoms with Gasteiger partial charge in [0.25, 0.3) is 5.91 Å². The van der Waals surface area contributed by atoms with Gasteiger partial charge in [0.15, 0.2) is 16.8 Å². The number of thiazole rings is 1. The molecule has 4 aromatic rings. The van der Waals surface area contributed by atoms with Crippen molar-refractivity contribution in [2.24, 2.45) is 0 Å². The van der Waals surface area contributed by atoms with Crippen LogP contribution in [0.5, 0.6) is 5.88 Å². The first-order valence-corrected chi connectivity index (χ1v) is 9.62. The molecule has 30 heavy (non-hydrogen) atoms. The number of hydrogen-bond donors (Lipinski definition) is 1. The standard InChI is InChI=1S/C21H14F2N4O2S/c1-29-17-9-3-8-15(25-17)16-11-30-21(26-16)27-20(28)13-6-4-10-24-19(13)12-5-2-7-14(22)18(12)23/h2-11H,1H3,(H,26,27,28). The molecule has 0 aliphatic rings. The Bertz CT molecular complexity index is 1230. The maximum absolute atomic E-state index is 14.2. The van der Waals surface area contributed by atoms with Crippen molar-refractivity contribution in [3.63, 3.8) is 0 Å². The van der Waals surface area contributed by atoms with Crippen molar-refractivity contribution < 1.29 is 18.3 Å². The number of hydrogen-bond acceptors (Lipinski definition) is 6. The molecule has 1 amide bonds. The minimum Gasteiger partial charge on any atom is -0.481 e. The first-order chi connectivity index (χ1) is 14.6. The predicted octanol–water partition coefficient (Wildman–Crippen LogP) is 4.81. The lowest BCUT2D eigenvalue weighted by Gasteiger charge is -2.09. The molecule has 9 heteroatoms. The van der Waals surface area contributed by atoms with Crippen LogP contribution in [-0.2, 0) is 0 Å². The summed E-state index contributed by atoms with van der Waals surface area (Å²) in [5.41, 5.74) is 1.20. The monoisotopic (exact) mass is 424 g/mol. The van der Waals surface area contributed by atoms with Gasteiger partial charge in [0.1, 0.15) is 5.69 Å². The number of carbonyl (C=O) groups is 1. The summed E-state index contributed by atoms with van der Waals surface area (Å²) in [6.45, 7) is 0. The lowest BCUT2D eigenvalue weighted by Crippen LogP contribution is -2.14. The van der Waals surface area contributed by atoms with Gasteiger partial charge in [-0.15, -0.1) is 11.3 Å². The largest absolute Gasteiger partial charge is 0.481 e. The summed E-state index contributed by atoms with van der Waals surface area (Å²) in [4.78, 5) is 25.6. The molecule has 0 radical (unpaired) electrons. The molecule has 3 heterocycles. The summed E-state index contributed by atoms with van der Waals surface area (Å²) in [7, 11) is 1.52. The molecule has 6 nitrogen and oxygen atoms in total. The van der Waals surface area contributed by atoms with Crippen LogP contribution in [0.4, 0.5) is 13.9 Å². The average molecular weight is 424 g/mol. The number of ether oxygens (including phenoxy) is 1. The van der Waals surface area contributed by atoms with E-state index in [1.54, 1.807) is 29.6 Å². The molecule has 0 fully saturated rings. The quantitative estimate of drug-likeness (QED) is 0.498. The van der Waals surface area contributed by atoms with E-state index in [2.05, 4.69) is 20.3 Å². The summed E-state index contributed by atoms with van der Waals surface area (Å²) < 4.78 is 33.0. The molecule has 0 spiro atoms. The van der Waals surface area contributed by atoms with Crippen LogP contribution in [0, 0.1) is 11.6 Å². The zero-order chi connectivity index (χ0) is 21.1. The first kappa shape index (κ1) is 19.6. The van der Waals surface area contributed by atoms with E-state index >= 15 is 0 Å². The molecule has 0 atom stereocenters. The highest BCUT2D eigenvalue weighted by molar-refractivity contribution is 7.14. The van der Waals surface area contributed by atoms with Crippen molar-refractivity contribution in [1.82, 2.24) is 15.0 Å². The number of amides is 1. The molecule has 3 aromatic heterocycles. The zero-order valence-corrected chi connectivity index (χ0v) is 16.4. The van der Waals surface area contributed by atoms with Crippen LogP contribution in [0.25, 0.3) is 22.6 Å². The van der Waals surface area contributed by atoms with Gasteiger partial charge in [-0.05, 0) is 30.3 Å². The van der Waals surface area contributed by atoms with E-state index in [1.807, 2.05) is 0 Å². The predicted molar refractivity (Wildman–Crippen MR) is 109 cm³/mol. The van der Waals surface area contributed by atoms with E-state index in [0.29, 0.717) is 22.4 Å². The zero-order valence-electron chi connectivity index (χ0n) is 15.6. The third-order valence-corrected chi connectivity index (χ3v) is 4.94. The number of anilines is 1. The Morgan fingerprint density at radius 1 is 1.03 bits per heavy atom. The number of halogens is 2. The fourth-order valence-electron chi connectivity index (χ4n) is 2.77. The van der Waals surface area contributed by atoms with Gasteiger partial charge in [0.05, 0.1) is 24.1 Å². The average Bonchev–Trinajstić information content (AvgIpc) is 3.24. The van der Waals surface area contributed by atoms with Gasteiger partial charge >= 0.3 is 0 Å². The molecule has 0 unspecified atom stereocenters. The van der Waals surface area contributed by atoms with Gasteiger partial charge in [0.2, 0.25) is 5.88 Å². The highest BCUT2D eigenvalue weighted by atomic mass is 32.1. The molecule has 4 rings (SSSR count). The number of rotatable bonds is 5. The maximum atomic E-state index is 14.2. The number of carbonyl (C=O) groups excluding carboxylic acids is 1. The molecule has 0 bridgehead atoms. The summed E-state index contributed by atoms with van der Waals surface area (Å²) in [6.07, 6.45) is 1.41. The second-order valence-electron chi connectivity index (χ2n) is 6.06. The SMILES string of the molecule is COc1cccc(-c2csc(NC(=O)c3cccnc3-c3cccc(F)c3F)n2)n1. The Labute approximate surface area is 174 Å². The van der Waals surface area contributed by atoms with Crippen LogP contribution in [0.15, 0.2) is 60.1 Å². The molecule has 150 valence electrons. The van der Waals surface area contributed by atoms with Crippen LogP contribution in [0.1, 0.15) is 10.4 Å². The number of aromatic nitrogens is 3. The van der Waals surface area contributed by atoms with E-state index < -0.39 is 17.5 Å². The van der Waals surface area contributed by atoms with Gasteiger partial charge in [-0.2, -0.15) is 0 Å². The van der Waals surface area contributed by atoms with E-state index in [1.165, 1.54) is 42.8 Å². The molecule has 1 N–H and O–H groups in total. The number of methoxy groups -OCH3 is 1. The van der Waals surface area contributed by atoms with E-state index in [-0.39, 0.29) is 16.8 Å². The molecule has 0 saturated heterocycles. The Morgan fingerprint density at radius 3 is 2.70 bits per heavy atom. The van der Waals surface area contributed by atoms with Gasteiger partial charge in [-0.25, -0.2) is 18.7 Å². The number of pyridine rings is 2. The highest BCUT2D eigenvalue weighted by Crippen LogP contribution is 2.28. The Hall–Kier alpha value is -3.72. The molecule has 0 aliphatic heterocycles. The fourth-order valence-corrected chi connectivity index (χ4v) is 3.47. The summed E-state index contributed by atoms with van der Waals surface area (Å²) in [6, 6.07) is 12.0. The van der Waals surface area contributed by atoms with Crippen LogP contribution in [-0.4, -0.2) is 28.0 Å². The molecular formula is C21H14F2N4O2S. The second kappa shape index (κ2) is 8.34. The third-order valence-electron chi connectivity index (χ3n) is 4.18. The van der Waals surface area contributed by atoms with Gasteiger partial charge < -0.3 is 4.74 Å². The summed E-state index contributed by atoms with van der Waals surface area (Å²) in [5.74, 6) is -2.17. The Kier molecular flexibility index (Phi) is 5.44. The Morgan fingerprint density at radius 2 is 1.87 bits per heavy atom. The molecule has 0 aliphatic carbocycles. The van der Waals surface area contributed by atoms with E-state index in [4.69, 9.17) is 4.74 Å². The maximum Gasteiger partial charge on any atom is 0.259 e. The van der Waals surface area contributed by atoms with Crippen molar-refractivity contribution >= 4 is 22.4 Å². The highest BCUT2D eigenvalue weighted by Gasteiger charge is 2.19. The van der Waals surface area contributed by atoms with Gasteiger partial charge in [0, 0.05) is 23.2 Å².